The lowest BCUT2D eigenvalue weighted by Crippen LogP contribution is -2.31. The zero-order valence-electron chi connectivity index (χ0n) is 14.3. The third-order valence-corrected chi connectivity index (χ3v) is 3.94. The second-order valence-electron chi connectivity index (χ2n) is 5.73. The molecule has 0 heterocycles. The number of rotatable bonds is 11. The number of nitrogens with zero attached hydrogens (tertiary/aromatic N) is 1. The molecule has 0 aliphatic heterocycles. The van der Waals surface area contributed by atoms with Gasteiger partial charge in [-0.3, -0.25) is 29.4 Å². The lowest BCUT2D eigenvalue weighted by Gasteiger charge is -2.26. The van der Waals surface area contributed by atoms with Gasteiger partial charge < -0.3 is 10.4 Å². The normalized spacial score (nSPS) is 11.6. The standard InChI is InChI=1S/C17H23N3O5/c1-12(6-7-16(23)19-11-22)20(2)9-14-13(10-21)4-3-5-15(14)18-8-17(24)25/h3-5,10-12,18H,6-9H2,1-2H3,(H,24,25)(H,19,22,23). The van der Waals surface area contributed by atoms with Gasteiger partial charge >= 0.3 is 5.97 Å². The molecule has 0 fully saturated rings. The average molecular weight is 349 g/mol. The predicted molar refractivity (Wildman–Crippen MR) is 92.3 cm³/mol. The van der Waals surface area contributed by atoms with E-state index < -0.39 is 5.97 Å². The third-order valence-electron chi connectivity index (χ3n) is 3.94. The Morgan fingerprint density at radius 1 is 1.32 bits per heavy atom. The molecule has 136 valence electrons. The van der Waals surface area contributed by atoms with Crippen molar-refractivity contribution in [3.05, 3.63) is 29.3 Å². The van der Waals surface area contributed by atoms with Crippen molar-refractivity contribution >= 4 is 30.3 Å². The molecule has 3 N–H and O–H groups in total. The third kappa shape index (κ3) is 6.72. The van der Waals surface area contributed by atoms with E-state index in [-0.39, 0.29) is 24.9 Å². The summed E-state index contributed by atoms with van der Waals surface area (Å²) >= 11 is 0. The molecule has 0 saturated heterocycles. The smallest absolute Gasteiger partial charge is 0.322 e. The number of hydrogen-bond acceptors (Lipinski definition) is 6. The zero-order chi connectivity index (χ0) is 18.8. The van der Waals surface area contributed by atoms with E-state index in [1.54, 1.807) is 18.2 Å². The van der Waals surface area contributed by atoms with Gasteiger partial charge in [-0.25, -0.2) is 0 Å². The highest BCUT2D eigenvalue weighted by Crippen LogP contribution is 2.22. The zero-order valence-corrected chi connectivity index (χ0v) is 14.3. The van der Waals surface area contributed by atoms with Gasteiger partial charge in [0.05, 0.1) is 0 Å². The van der Waals surface area contributed by atoms with Crippen molar-refractivity contribution in [2.75, 3.05) is 18.9 Å². The average Bonchev–Trinajstić information content (AvgIpc) is 2.58. The summed E-state index contributed by atoms with van der Waals surface area (Å²) in [5.74, 6) is -1.34. The van der Waals surface area contributed by atoms with Gasteiger partial charge in [-0.1, -0.05) is 12.1 Å². The van der Waals surface area contributed by atoms with E-state index in [9.17, 15) is 19.2 Å². The van der Waals surface area contributed by atoms with Crippen LogP contribution < -0.4 is 10.6 Å². The van der Waals surface area contributed by atoms with E-state index in [0.29, 0.717) is 36.2 Å². The van der Waals surface area contributed by atoms with Crippen LogP contribution in [-0.2, 0) is 20.9 Å². The first-order valence-electron chi connectivity index (χ1n) is 7.85. The number of benzene rings is 1. The summed E-state index contributed by atoms with van der Waals surface area (Å²) in [6.07, 6.45) is 1.84. The summed E-state index contributed by atoms with van der Waals surface area (Å²) in [6.45, 7) is 2.09. The molecule has 0 saturated carbocycles. The molecule has 0 radical (unpaired) electrons. The summed E-state index contributed by atoms with van der Waals surface area (Å²) in [5.41, 5.74) is 1.77. The minimum atomic E-state index is -0.995. The van der Waals surface area contributed by atoms with Crippen molar-refractivity contribution in [2.24, 2.45) is 0 Å². The number of anilines is 1. The highest BCUT2D eigenvalue weighted by molar-refractivity contribution is 5.85. The second kappa shape index (κ2) is 10.2. The molecular formula is C17H23N3O5. The molecule has 1 aromatic carbocycles. The minimum absolute atomic E-state index is 0.0180. The molecule has 0 aromatic heterocycles. The quantitative estimate of drug-likeness (QED) is 0.508. The predicted octanol–water partition coefficient (Wildman–Crippen LogP) is 0.869. The second-order valence-corrected chi connectivity index (χ2v) is 5.73. The monoisotopic (exact) mass is 349 g/mol. The number of hydrogen-bond donors (Lipinski definition) is 3. The number of carboxylic acids is 1. The van der Waals surface area contributed by atoms with E-state index in [1.807, 2.05) is 18.9 Å². The SMILES string of the molecule is CC(CCC(=O)NC=O)N(C)Cc1c(C=O)cccc1NCC(=O)O. The summed E-state index contributed by atoms with van der Waals surface area (Å²) in [5, 5.41) is 13.7. The molecule has 0 aliphatic rings. The molecule has 0 bridgehead atoms. The fraction of sp³-hybridized carbons (Fsp3) is 0.412. The Labute approximate surface area is 146 Å². The maximum atomic E-state index is 11.4. The van der Waals surface area contributed by atoms with Crippen LogP contribution in [0.4, 0.5) is 5.69 Å². The molecule has 8 nitrogen and oxygen atoms in total. The van der Waals surface area contributed by atoms with E-state index in [1.165, 1.54) is 0 Å². The van der Waals surface area contributed by atoms with Gasteiger partial charge in [-0.15, -0.1) is 0 Å². The van der Waals surface area contributed by atoms with Crippen LogP contribution in [0, 0.1) is 0 Å². The molecule has 0 aliphatic carbocycles. The van der Waals surface area contributed by atoms with Gasteiger partial charge in [0.1, 0.15) is 12.8 Å². The Balaban J connectivity index is 2.81. The molecule has 1 unspecified atom stereocenters. The van der Waals surface area contributed by atoms with Crippen LogP contribution in [0.2, 0.25) is 0 Å². The van der Waals surface area contributed by atoms with Crippen LogP contribution >= 0.6 is 0 Å². The van der Waals surface area contributed by atoms with Crippen LogP contribution in [0.5, 0.6) is 0 Å². The van der Waals surface area contributed by atoms with Crippen molar-refractivity contribution < 1.29 is 24.3 Å². The largest absolute Gasteiger partial charge is 0.480 e. The van der Waals surface area contributed by atoms with Crippen LogP contribution in [0.15, 0.2) is 18.2 Å². The molecule has 0 spiro atoms. The first-order chi connectivity index (χ1) is 11.9. The topological polar surface area (TPSA) is 116 Å². The number of aliphatic carboxylic acids is 1. The number of aldehydes is 1. The summed E-state index contributed by atoms with van der Waals surface area (Å²) < 4.78 is 0. The Morgan fingerprint density at radius 2 is 2.04 bits per heavy atom. The Morgan fingerprint density at radius 3 is 2.64 bits per heavy atom. The summed E-state index contributed by atoms with van der Waals surface area (Å²) in [7, 11) is 1.85. The molecule has 1 aromatic rings. The fourth-order valence-corrected chi connectivity index (χ4v) is 2.33. The first-order valence-corrected chi connectivity index (χ1v) is 7.85. The van der Waals surface area contributed by atoms with Crippen molar-refractivity contribution in [2.45, 2.75) is 32.4 Å². The number of carboxylic acid groups (broad SMARTS) is 1. The minimum Gasteiger partial charge on any atom is -0.480 e. The number of nitrogens with one attached hydrogen (secondary N) is 2. The van der Waals surface area contributed by atoms with E-state index in [4.69, 9.17) is 5.11 Å². The van der Waals surface area contributed by atoms with Crippen LogP contribution in [0.25, 0.3) is 0 Å². The molecule has 1 rings (SSSR count). The molecule has 2 amide bonds. The molecule has 8 heteroatoms. The van der Waals surface area contributed by atoms with Crippen molar-refractivity contribution in [1.82, 2.24) is 10.2 Å². The van der Waals surface area contributed by atoms with Crippen LogP contribution in [0.1, 0.15) is 35.7 Å². The van der Waals surface area contributed by atoms with Crippen molar-refractivity contribution in [3.8, 4) is 0 Å². The van der Waals surface area contributed by atoms with Crippen molar-refractivity contribution in [3.63, 3.8) is 0 Å². The maximum Gasteiger partial charge on any atom is 0.322 e. The number of carbonyl (C=O) groups is 4. The lowest BCUT2D eigenvalue weighted by molar-refractivity contribution is -0.135. The number of imide groups is 1. The van der Waals surface area contributed by atoms with Crippen LogP contribution in [-0.4, -0.2) is 54.2 Å². The van der Waals surface area contributed by atoms with E-state index >= 15 is 0 Å². The van der Waals surface area contributed by atoms with E-state index in [2.05, 4.69) is 10.6 Å². The van der Waals surface area contributed by atoms with Gasteiger partial charge in [-0.05, 0) is 32.0 Å². The van der Waals surface area contributed by atoms with Gasteiger partial charge in [0.25, 0.3) is 0 Å². The number of amides is 2. The summed E-state index contributed by atoms with van der Waals surface area (Å²) in [6, 6.07) is 5.10. The highest BCUT2D eigenvalue weighted by atomic mass is 16.4. The Bertz CT molecular complexity index is 633. The molecular weight excluding hydrogens is 326 g/mol. The fourth-order valence-electron chi connectivity index (χ4n) is 2.33. The van der Waals surface area contributed by atoms with Gasteiger partial charge in [0, 0.05) is 30.3 Å². The van der Waals surface area contributed by atoms with Gasteiger partial charge in [-0.2, -0.15) is 0 Å². The summed E-state index contributed by atoms with van der Waals surface area (Å²) in [4.78, 5) is 45.6. The Hall–Kier alpha value is -2.74. The highest BCUT2D eigenvalue weighted by Gasteiger charge is 2.16. The Kier molecular flexibility index (Phi) is 8.28. The first kappa shape index (κ1) is 20.3. The van der Waals surface area contributed by atoms with Crippen LogP contribution in [0.3, 0.4) is 0 Å². The maximum absolute atomic E-state index is 11.4. The molecule has 25 heavy (non-hydrogen) atoms. The van der Waals surface area contributed by atoms with Gasteiger partial charge in [0.2, 0.25) is 12.3 Å². The lowest BCUT2D eigenvalue weighted by atomic mass is 10.0. The molecule has 1 atom stereocenters. The van der Waals surface area contributed by atoms with Crippen molar-refractivity contribution in [1.29, 1.82) is 0 Å². The number of carbonyl (C=O) groups excluding carboxylic acids is 3. The van der Waals surface area contributed by atoms with Gasteiger partial charge in [0.15, 0.2) is 0 Å². The van der Waals surface area contributed by atoms with E-state index in [0.717, 1.165) is 6.29 Å².